The molecular formula is C22H27ClF6N4O2. The number of benzene rings is 1. The Morgan fingerprint density at radius 2 is 1.69 bits per heavy atom. The van der Waals surface area contributed by atoms with Crippen molar-refractivity contribution in [2.24, 2.45) is 17.8 Å². The first-order chi connectivity index (χ1) is 16.3. The van der Waals surface area contributed by atoms with Crippen molar-refractivity contribution >= 4 is 23.3 Å². The van der Waals surface area contributed by atoms with Crippen molar-refractivity contribution < 1.29 is 36.2 Å². The topological polar surface area (TPSA) is 59.0 Å². The van der Waals surface area contributed by atoms with Crippen LogP contribution in [0.5, 0.6) is 0 Å². The molecule has 4 atom stereocenters. The smallest absolute Gasteiger partial charge is 0.402 e. The molecule has 3 fully saturated rings. The van der Waals surface area contributed by atoms with Crippen molar-refractivity contribution in [2.45, 2.75) is 31.0 Å². The predicted molar refractivity (Wildman–Crippen MR) is 117 cm³/mol. The number of nitrogens with zero attached hydrogens (tertiary/aromatic N) is 3. The Kier molecular flexibility index (Phi) is 7.22. The molecule has 6 nitrogen and oxygen atoms in total. The molecule has 3 aliphatic rings. The Labute approximate surface area is 203 Å². The van der Waals surface area contributed by atoms with Gasteiger partial charge in [-0.3, -0.25) is 9.69 Å². The number of alkyl halides is 6. The first kappa shape index (κ1) is 26.3. The summed E-state index contributed by atoms with van der Waals surface area (Å²) in [6, 6.07) is 1.78. The number of halogens is 7. The minimum absolute atomic E-state index is 0.0717. The molecule has 3 heterocycles. The van der Waals surface area contributed by atoms with Crippen LogP contribution in [0.15, 0.2) is 18.2 Å². The summed E-state index contributed by atoms with van der Waals surface area (Å²) in [6.07, 6.45) is -11.1. The molecule has 0 spiro atoms. The van der Waals surface area contributed by atoms with Crippen molar-refractivity contribution in [1.29, 1.82) is 0 Å². The highest BCUT2D eigenvalue weighted by atomic mass is 35.5. The average molecular weight is 529 g/mol. The lowest BCUT2D eigenvalue weighted by Gasteiger charge is -2.36. The average Bonchev–Trinajstić information content (AvgIpc) is 3.27. The van der Waals surface area contributed by atoms with Crippen LogP contribution in [0, 0.1) is 17.8 Å². The number of carboxylic acids is 1. The Balaban J connectivity index is 1.58. The van der Waals surface area contributed by atoms with E-state index in [9.17, 15) is 36.2 Å². The maximum absolute atomic E-state index is 13.5. The van der Waals surface area contributed by atoms with E-state index >= 15 is 0 Å². The molecule has 1 aromatic carbocycles. The van der Waals surface area contributed by atoms with Gasteiger partial charge in [0, 0.05) is 57.8 Å². The van der Waals surface area contributed by atoms with Crippen molar-refractivity contribution in [1.82, 2.24) is 15.1 Å². The molecular weight excluding hydrogens is 502 g/mol. The number of likely N-dealkylation sites (tertiary alicyclic amines) is 1. The first-order valence-corrected chi connectivity index (χ1v) is 11.7. The molecule has 3 saturated heterocycles. The van der Waals surface area contributed by atoms with Gasteiger partial charge in [-0.2, -0.15) is 26.3 Å². The minimum Gasteiger partial charge on any atom is -0.480 e. The molecule has 1 aromatic rings. The van der Waals surface area contributed by atoms with Gasteiger partial charge in [-0.05, 0) is 24.6 Å². The van der Waals surface area contributed by atoms with Gasteiger partial charge < -0.3 is 20.2 Å². The fourth-order valence-electron chi connectivity index (χ4n) is 5.76. The number of para-hydroxylation sites is 1. The van der Waals surface area contributed by atoms with E-state index in [4.69, 9.17) is 11.6 Å². The summed E-state index contributed by atoms with van der Waals surface area (Å²) in [5, 5.41) is 12.2. The fraction of sp³-hybridized carbons (Fsp3) is 0.682. The third kappa shape index (κ3) is 5.35. The Hall–Kier alpha value is -1.76. The quantitative estimate of drug-likeness (QED) is 0.572. The summed E-state index contributed by atoms with van der Waals surface area (Å²) in [5.41, 5.74) is 1.61. The Morgan fingerprint density at radius 1 is 1.09 bits per heavy atom. The van der Waals surface area contributed by atoms with Crippen LogP contribution in [0.4, 0.5) is 32.0 Å². The number of carbonyl (C=O) groups is 1. The number of likely N-dealkylation sites (N-methyl/N-ethyl adjacent to an activating group) is 1. The number of hydrogen-bond acceptors (Lipinski definition) is 5. The molecule has 0 bridgehead atoms. The van der Waals surface area contributed by atoms with Crippen LogP contribution in [-0.4, -0.2) is 91.6 Å². The van der Waals surface area contributed by atoms with Crippen molar-refractivity contribution in [3.05, 3.63) is 28.8 Å². The van der Waals surface area contributed by atoms with Gasteiger partial charge >= 0.3 is 18.3 Å². The highest BCUT2D eigenvalue weighted by molar-refractivity contribution is 6.33. The number of nitrogens with one attached hydrogen (secondary N) is 1. The summed E-state index contributed by atoms with van der Waals surface area (Å²) in [7, 11) is 2.01. The molecule has 13 heteroatoms. The SMILES string of the molecule is CN1CCN(c2c(Cl)cccc2CN2CC3C(C(=O)O)NC(C(C(F)(F)F)C(F)(F)F)C3C2)CC1. The normalized spacial score (nSPS) is 28.7. The van der Waals surface area contributed by atoms with Crippen molar-refractivity contribution in [3.8, 4) is 0 Å². The summed E-state index contributed by atoms with van der Waals surface area (Å²) < 4.78 is 80.9. The van der Waals surface area contributed by atoms with Gasteiger partial charge in [0.15, 0.2) is 5.92 Å². The van der Waals surface area contributed by atoms with Gasteiger partial charge in [0.1, 0.15) is 6.04 Å². The molecule has 0 amide bonds. The summed E-state index contributed by atoms with van der Waals surface area (Å²) in [5.74, 6) is -7.08. The van der Waals surface area contributed by atoms with Gasteiger partial charge in [0.2, 0.25) is 0 Å². The Bertz CT molecular complexity index is 924. The van der Waals surface area contributed by atoms with E-state index in [1.807, 2.05) is 13.1 Å². The highest BCUT2D eigenvalue weighted by Crippen LogP contribution is 2.49. The van der Waals surface area contributed by atoms with E-state index in [0.717, 1.165) is 37.4 Å². The highest BCUT2D eigenvalue weighted by Gasteiger charge is 2.66. The zero-order valence-corrected chi connectivity index (χ0v) is 19.7. The molecule has 3 aliphatic heterocycles. The molecule has 4 unspecified atom stereocenters. The zero-order chi connectivity index (χ0) is 25.7. The van der Waals surface area contributed by atoms with E-state index in [0.29, 0.717) is 5.02 Å². The molecule has 35 heavy (non-hydrogen) atoms. The standard InChI is InChI=1S/C22H27ClF6N4O2/c1-31-5-7-33(8-6-31)18-12(3-2-4-15(18)23)9-32-10-13-14(11-32)17(20(34)35)30-16(13)19(21(24,25)26)22(27,28)29/h2-4,13-14,16-17,19,30H,5-11H2,1H3,(H,34,35). The second kappa shape index (κ2) is 9.60. The summed E-state index contributed by atoms with van der Waals surface area (Å²) in [4.78, 5) is 17.8. The summed E-state index contributed by atoms with van der Waals surface area (Å²) >= 11 is 6.50. The lowest BCUT2D eigenvalue weighted by atomic mass is 9.84. The van der Waals surface area contributed by atoms with Gasteiger partial charge in [0.05, 0.1) is 10.7 Å². The van der Waals surface area contributed by atoms with Gasteiger partial charge in [-0.25, -0.2) is 0 Å². The first-order valence-electron chi connectivity index (χ1n) is 11.3. The molecule has 0 saturated carbocycles. The van der Waals surface area contributed by atoms with Crippen LogP contribution >= 0.6 is 11.6 Å². The van der Waals surface area contributed by atoms with E-state index < -0.39 is 48.2 Å². The number of aliphatic carboxylic acids is 1. The van der Waals surface area contributed by atoms with Gasteiger partial charge in [-0.15, -0.1) is 0 Å². The van der Waals surface area contributed by atoms with Gasteiger partial charge in [0.25, 0.3) is 0 Å². The fourth-order valence-corrected chi connectivity index (χ4v) is 6.07. The largest absolute Gasteiger partial charge is 0.480 e. The number of fused-ring (bicyclic) bond motifs is 1. The molecule has 2 N–H and O–H groups in total. The monoisotopic (exact) mass is 528 g/mol. The van der Waals surface area contributed by atoms with E-state index in [-0.39, 0.29) is 19.6 Å². The zero-order valence-electron chi connectivity index (χ0n) is 18.9. The van der Waals surface area contributed by atoms with Crippen LogP contribution < -0.4 is 10.2 Å². The van der Waals surface area contributed by atoms with Crippen LogP contribution in [0.3, 0.4) is 0 Å². The maximum atomic E-state index is 13.5. The third-order valence-electron chi connectivity index (χ3n) is 7.36. The van der Waals surface area contributed by atoms with Crippen molar-refractivity contribution in [3.63, 3.8) is 0 Å². The lowest BCUT2D eigenvalue weighted by molar-refractivity contribution is -0.293. The van der Waals surface area contributed by atoms with Crippen LogP contribution in [0.2, 0.25) is 5.02 Å². The minimum atomic E-state index is -5.55. The lowest BCUT2D eigenvalue weighted by Crippen LogP contribution is -2.53. The molecule has 0 aliphatic carbocycles. The number of carboxylic acid groups (broad SMARTS) is 1. The van der Waals surface area contributed by atoms with E-state index in [1.54, 1.807) is 17.0 Å². The third-order valence-corrected chi connectivity index (χ3v) is 7.67. The maximum Gasteiger partial charge on any atom is 0.402 e. The van der Waals surface area contributed by atoms with Crippen LogP contribution in [-0.2, 0) is 11.3 Å². The van der Waals surface area contributed by atoms with Gasteiger partial charge in [-0.1, -0.05) is 23.7 Å². The predicted octanol–water partition coefficient (Wildman–Crippen LogP) is 3.31. The van der Waals surface area contributed by atoms with Crippen LogP contribution in [0.1, 0.15) is 5.56 Å². The number of rotatable bonds is 5. The second-order valence-electron chi connectivity index (χ2n) is 9.63. The number of piperazine rings is 1. The Morgan fingerprint density at radius 3 is 2.26 bits per heavy atom. The molecule has 0 radical (unpaired) electrons. The molecule has 196 valence electrons. The van der Waals surface area contributed by atoms with E-state index in [2.05, 4.69) is 15.1 Å². The number of anilines is 1. The van der Waals surface area contributed by atoms with E-state index in [1.165, 1.54) is 0 Å². The summed E-state index contributed by atoms with van der Waals surface area (Å²) in [6.45, 7) is 3.34. The van der Waals surface area contributed by atoms with Crippen molar-refractivity contribution in [2.75, 3.05) is 51.2 Å². The second-order valence-corrected chi connectivity index (χ2v) is 10.0. The number of hydrogen-bond donors (Lipinski definition) is 2. The molecule has 4 rings (SSSR count). The molecule has 0 aromatic heterocycles. The van der Waals surface area contributed by atoms with Crippen LogP contribution in [0.25, 0.3) is 0 Å².